The highest BCUT2D eigenvalue weighted by molar-refractivity contribution is 5.79. The number of hydrogen-bond acceptors (Lipinski definition) is 3. The predicted molar refractivity (Wildman–Crippen MR) is 85.0 cm³/mol. The second kappa shape index (κ2) is 6.08. The fourth-order valence-electron chi connectivity index (χ4n) is 2.76. The van der Waals surface area contributed by atoms with Crippen LogP contribution in [0.2, 0.25) is 0 Å². The maximum atomic E-state index is 10.1. The van der Waals surface area contributed by atoms with Gasteiger partial charge in [-0.1, -0.05) is 45.0 Å². The Kier molecular flexibility index (Phi) is 4.41. The molecule has 2 aromatic rings. The van der Waals surface area contributed by atoms with E-state index < -0.39 is 5.75 Å². The SMILES string of the molecule is CCc1ccc(-c2c(CC)c(O)c(O)c(O)c2CC)cc1. The van der Waals surface area contributed by atoms with Crippen LogP contribution in [-0.2, 0) is 19.3 Å². The van der Waals surface area contributed by atoms with Crippen molar-refractivity contribution in [1.29, 1.82) is 0 Å². The lowest BCUT2D eigenvalue weighted by Crippen LogP contribution is -1.97. The van der Waals surface area contributed by atoms with E-state index in [1.54, 1.807) is 0 Å². The summed E-state index contributed by atoms with van der Waals surface area (Å²) in [5, 5.41) is 30.1. The highest BCUT2D eigenvalue weighted by atomic mass is 16.3. The molecule has 3 N–H and O–H groups in total. The van der Waals surface area contributed by atoms with Gasteiger partial charge in [0.25, 0.3) is 0 Å². The Morgan fingerprint density at radius 2 is 1.14 bits per heavy atom. The van der Waals surface area contributed by atoms with Crippen LogP contribution in [-0.4, -0.2) is 15.3 Å². The lowest BCUT2D eigenvalue weighted by molar-refractivity contribution is 0.363. The van der Waals surface area contributed by atoms with Gasteiger partial charge in [0.15, 0.2) is 11.5 Å². The van der Waals surface area contributed by atoms with Gasteiger partial charge in [-0.15, -0.1) is 0 Å². The first-order valence-electron chi connectivity index (χ1n) is 7.42. The van der Waals surface area contributed by atoms with Crippen molar-refractivity contribution in [2.24, 2.45) is 0 Å². The molecule has 0 saturated heterocycles. The van der Waals surface area contributed by atoms with Gasteiger partial charge in [0.1, 0.15) is 0 Å². The maximum Gasteiger partial charge on any atom is 0.200 e. The summed E-state index contributed by atoms with van der Waals surface area (Å²) in [5.74, 6) is -0.860. The van der Waals surface area contributed by atoms with Crippen LogP contribution in [0.4, 0.5) is 0 Å². The summed E-state index contributed by atoms with van der Waals surface area (Å²) in [6.07, 6.45) is 2.13. The topological polar surface area (TPSA) is 60.7 Å². The summed E-state index contributed by atoms with van der Waals surface area (Å²) in [7, 11) is 0. The molecule has 112 valence electrons. The van der Waals surface area contributed by atoms with Crippen LogP contribution in [0.15, 0.2) is 24.3 Å². The Labute approximate surface area is 125 Å². The van der Waals surface area contributed by atoms with Crippen molar-refractivity contribution in [2.45, 2.75) is 40.0 Å². The molecule has 0 aliphatic carbocycles. The minimum Gasteiger partial charge on any atom is -0.504 e. The number of phenols is 3. The van der Waals surface area contributed by atoms with Gasteiger partial charge in [-0.05, 0) is 36.0 Å². The van der Waals surface area contributed by atoms with E-state index in [1.165, 1.54) is 5.56 Å². The van der Waals surface area contributed by atoms with Crippen LogP contribution >= 0.6 is 0 Å². The Morgan fingerprint density at radius 1 is 0.667 bits per heavy atom. The zero-order valence-corrected chi connectivity index (χ0v) is 12.8. The van der Waals surface area contributed by atoms with Gasteiger partial charge in [-0.3, -0.25) is 0 Å². The molecule has 0 aliphatic heterocycles. The second-order valence-electron chi connectivity index (χ2n) is 5.14. The number of aromatic hydroxyl groups is 3. The van der Waals surface area contributed by atoms with Gasteiger partial charge in [0.05, 0.1) is 0 Å². The van der Waals surface area contributed by atoms with Crippen LogP contribution < -0.4 is 0 Å². The minimum absolute atomic E-state index is 0.221. The molecule has 0 unspecified atom stereocenters. The summed E-state index contributed by atoms with van der Waals surface area (Å²) in [6.45, 7) is 5.95. The fraction of sp³-hybridized carbons (Fsp3) is 0.333. The number of hydrogen-bond donors (Lipinski definition) is 3. The Hall–Kier alpha value is -2.16. The standard InChI is InChI=1S/C18H22O3/c1-4-11-7-9-12(10-8-11)15-13(5-2)16(19)18(21)17(20)14(15)6-3/h7-10,19-21H,4-6H2,1-3H3. The lowest BCUT2D eigenvalue weighted by Gasteiger charge is -2.18. The molecule has 0 aliphatic rings. The Balaban J connectivity index is 2.75. The number of phenolic OH excluding ortho intramolecular Hbond substituents is 3. The molecule has 0 heterocycles. The summed E-state index contributed by atoms with van der Waals surface area (Å²) in [4.78, 5) is 0. The molecular formula is C18H22O3. The minimum atomic E-state index is -0.419. The number of aryl methyl sites for hydroxylation is 1. The van der Waals surface area contributed by atoms with Crippen molar-refractivity contribution in [2.75, 3.05) is 0 Å². The van der Waals surface area contributed by atoms with Crippen molar-refractivity contribution in [3.05, 3.63) is 41.0 Å². The smallest absolute Gasteiger partial charge is 0.200 e. The highest BCUT2D eigenvalue weighted by Crippen LogP contribution is 2.47. The van der Waals surface area contributed by atoms with E-state index in [0.717, 1.165) is 17.5 Å². The summed E-state index contributed by atoms with van der Waals surface area (Å²) in [6, 6.07) is 8.11. The van der Waals surface area contributed by atoms with E-state index in [9.17, 15) is 15.3 Å². The van der Waals surface area contributed by atoms with Crippen LogP contribution in [0.1, 0.15) is 37.5 Å². The third-order valence-corrected chi connectivity index (χ3v) is 3.98. The largest absolute Gasteiger partial charge is 0.504 e. The Bertz CT molecular complexity index is 611. The van der Waals surface area contributed by atoms with E-state index in [-0.39, 0.29) is 11.5 Å². The third kappa shape index (κ3) is 2.56. The molecule has 2 aromatic carbocycles. The molecule has 2 rings (SSSR count). The first kappa shape index (κ1) is 15.2. The first-order valence-corrected chi connectivity index (χ1v) is 7.42. The normalized spacial score (nSPS) is 10.8. The number of benzene rings is 2. The number of rotatable bonds is 4. The van der Waals surface area contributed by atoms with E-state index in [4.69, 9.17) is 0 Å². The van der Waals surface area contributed by atoms with Crippen molar-refractivity contribution >= 4 is 0 Å². The average molecular weight is 286 g/mol. The summed E-state index contributed by atoms with van der Waals surface area (Å²) < 4.78 is 0. The van der Waals surface area contributed by atoms with Gasteiger partial charge >= 0.3 is 0 Å². The van der Waals surface area contributed by atoms with Crippen LogP contribution in [0.3, 0.4) is 0 Å². The zero-order chi connectivity index (χ0) is 15.6. The van der Waals surface area contributed by atoms with Crippen molar-refractivity contribution in [3.8, 4) is 28.4 Å². The van der Waals surface area contributed by atoms with Gasteiger partial charge in [0, 0.05) is 11.1 Å². The van der Waals surface area contributed by atoms with E-state index in [1.807, 2.05) is 26.0 Å². The molecule has 0 radical (unpaired) electrons. The van der Waals surface area contributed by atoms with Crippen molar-refractivity contribution in [3.63, 3.8) is 0 Å². The molecule has 0 spiro atoms. The van der Waals surface area contributed by atoms with E-state index >= 15 is 0 Å². The lowest BCUT2D eigenvalue weighted by atomic mass is 9.89. The van der Waals surface area contributed by atoms with Crippen LogP contribution in [0.25, 0.3) is 11.1 Å². The summed E-state index contributed by atoms with van der Waals surface area (Å²) >= 11 is 0. The molecule has 3 nitrogen and oxygen atoms in total. The molecule has 0 atom stereocenters. The summed E-state index contributed by atoms with van der Waals surface area (Å²) in [5.41, 5.74) is 4.36. The van der Waals surface area contributed by atoms with Crippen LogP contribution in [0.5, 0.6) is 17.2 Å². The average Bonchev–Trinajstić information content (AvgIpc) is 2.52. The third-order valence-electron chi connectivity index (χ3n) is 3.98. The van der Waals surface area contributed by atoms with Gasteiger partial charge in [-0.25, -0.2) is 0 Å². The second-order valence-corrected chi connectivity index (χ2v) is 5.14. The maximum absolute atomic E-state index is 10.1. The first-order chi connectivity index (χ1) is 10.0. The quantitative estimate of drug-likeness (QED) is 0.740. The molecule has 0 amide bonds. The molecule has 0 fully saturated rings. The van der Waals surface area contributed by atoms with Gasteiger partial charge < -0.3 is 15.3 Å². The zero-order valence-electron chi connectivity index (χ0n) is 12.8. The van der Waals surface area contributed by atoms with E-state index in [0.29, 0.717) is 24.0 Å². The molecular weight excluding hydrogens is 264 g/mol. The van der Waals surface area contributed by atoms with Gasteiger partial charge in [0.2, 0.25) is 5.75 Å². The van der Waals surface area contributed by atoms with E-state index in [2.05, 4.69) is 19.1 Å². The molecule has 0 saturated carbocycles. The molecule has 21 heavy (non-hydrogen) atoms. The van der Waals surface area contributed by atoms with Crippen LogP contribution in [0, 0.1) is 0 Å². The predicted octanol–water partition coefficient (Wildman–Crippen LogP) is 4.16. The fourth-order valence-corrected chi connectivity index (χ4v) is 2.76. The Morgan fingerprint density at radius 3 is 1.52 bits per heavy atom. The monoisotopic (exact) mass is 286 g/mol. The molecule has 3 heteroatoms. The highest BCUT2D eigenvalue weighted by Gasteiger charge is 2.22. The van der Waals surface area contributed by atoms with Crippen molar-refractivity contribution in [1.82, 2.24) is 0 Å². The van der Waals surface area contributed by atoms with Gasteiger partial charge in [-0.2, -0.15) is 0 Å². The van der Waals surface area contributed by atoms with Crippen molar-refractivity contribution < 1.29 is 15.3 Å². The molecule has 0 aromatic heterocycles. The molecule has 0 bridgehead atoms.